The lowest BCUT2D eigenvalue weighted by Gasteiger charge is -2.36. The van der Waals surface area contributed by atoms with Gasteiger partial charge in [0.15, 0.2) is 0 Å². The molecule has 0 aromatic heterocycles. The summed E-state index contributed by atoms with van der Waals surface area (Å²) >= 11 is 6.05. The summed E-state index contributed by atoms with van der Waals surface area (Å²) in [6.45, 7) is 6.46. The third kappa shape index (κ3) is 3.24. The summed E-state index contributed by atoms with van der Waals surface area (Å²) in [6, 6.07) is 3.00. The maximum atomic E-state index is 13.0. The van der Waals surface area contributed by atoms with E-state index in [1.54, 1.807) is 13.0 Å². The molecule has 1 aromatic rings. The van der Waals surface area contributed by atoms with Crippen LogP contribution >= 0.6 is 11.6 Å². The van der Waals surface area contributed by atoms with Crippen molar-refractivity contribution < 1.29 is 13.2 Å². The number of rotatable bonds is 3. The Balaban J connectivity index is 2.51. The van der Waals surface area contributed by atoms with Gasteiger partial charge in [-0.3, -0.25) is 0 Å². The van der Waals surface area contributed by atoms with Gasteiger partial charge in [-0.1, -0.05) is 11.6 Å². The average molecular weight is 333 g/mol. The molecule has 2 unspecified atom stereocenters. The van der Waals surface area contributed by atoms with E-state index in [0.717, 1.165) is 5.56 Å². The zero-order valence-electron chi connectivity index (χ0n) is 12.5. The molecule has 118 valence electrons. The second-order valence-corrected chi connectivity index (χ2v) is 7.76. The second-order valence-electron chi connectivity index (χ2n) is 5.46. The lowest BCUT2D eigenvalue weighted by atomic mass is 10.1. The summed E-state index contributed by atoms with van der Waals surface area (Å²) in [6.07, 6.45) is -0.121. The minimum absolute atomic E-state index is 0.121. The van der Waals surface area contributed by atoms with Crippen molar-refractivity contribution in [3.63, 3.8) is 0 Å². The molecule has 5 nitrogen and oxygen atoms in total. The Labute approximate surface area is 131 Å². The summed E-state index contributed by atoms with van der Waals surface area (Å²) in [4.78, 5) is 0.233. The van der Waals surface area contributed by atoms with Crippen LogP contribution in [0.4, 0.5) is 0 Å². The monoisotopic (exact) mass is 332 g/mol. The molecule has 1 fully saturated rings. The molecule has 7 heteroatoms. The van der Waals surface area contributed by atoms with Gasteiger partial charge in [0.1, 0.15) is 0 Å². The Hall–Kier alpha value is -0.660. The summed E-state index contributed by atoms with van der Waals surface area (Å²) in [5.41, 5.74) is 7.08. The number of nitrogens with zero attached hydrogens (tertiary/aromatic N) is 1. The van der Waals surface area contributed by atoms with Crippen LogP contribution in [0.25, 0.3) is 0 Å². The maximum Gasteiger partial charge on any atom is 0.243 e. The van der Waals surface area contributed by atoms with E-state index in [4.69, 9.17) is 22.1 Å². The van der Waals surface area contributed by atoms with E-state index >= 15 is 0 Å². The average Bonchev–Trinajstić information content (AvgIpc) is 2.43. The molecular weight excluding hydrogens is 312 g/mol. The fourth-order valence-corrected chi connectivity index (χ4v) is 4.82. The standard InChI is InChI=1S/C14H21ClN2O3S/c1-9-8-20-10(2)7-17(9)21(18,19)14-5-13(15)4-12(6-16)11(14)3/h4-5,9-10H,6-8,16H2,1-3H3. The summed E-state index contributed by atoms with van der Waals surface area (Å²) in [5, 5.41) is 0.383. The first-order valence-electron chi connectivity index (χ1n) is 6.90. The Morgan fingerprint density at radius 2 is 2.10 bits per heavy atom. The molecule has 0 amide bonds. The van der Waals surface area contributed by atoms with Crippen molar-refractivity contribution >= 4 is 21.6 Å². The van der Waals surface area contributed by atoms with Crippen LogP contribution < -0.4 is 5.73 Å². The Morgan fingerprint density at radius 1 is 1.43 bits per heavy atom. The molecule has 0 saturated carbocycles. The van der Waals surface area contributed by atoms with Gasteiger partial charge in [0.2, 0.25) is 10.0 Å². The zero-order valence-corrected chi connectivity index (χ0v) is 14.0. The van der Waals surface area contributed by atoms with Gasteiger partial charge in [0, 0.05) is 24.2 Å². The molecule has 0 aliphatic carbocycles. The number of sulfonamides is 1. The van der Waals surface area contributed by atoms with Crippen LogP contribution in [0.1, 0.15) is 25.0 Å². The molecule has 1 heterocycles. The highest BCUT2D eigenvalue weighted by atomic mass is 35.5. The van der Waals surface area contributed by atoms with Crippen LogP contribution in [0.3, 0.4) is 0 Å². The summed E-state index contributed by atoms with van der Waals surface area (Å²) in [5.74, 6) is 0. The van der Waals surface area contributed by atoms with Crippen molar-refractivity contribution in [3.05, 3.63) is 28.3 Å². The number of nitrogens with two attached hydrogens (primary N) is 1. The molecule has 0 spiro atoms. The summed E-state index contributed by atoms with van der Waals surface area (Å²) < 4.78 is 32.9. The van der Waals surface area contributed by atoms with Crippen molar-refractivity contribution in [3.8, 4) is 0 Å². The number of hydrogen-bond acceptors (Lipinski definition) is 4. The van der Waals surface area contributed by atoms with E-state index in [0.29, 0.717) is 23.7 Å². The van der Waals surface area contributed by atoms with Crippen molar-refractivity contribution in [1.82, 2.24) is 4.31 Å². The predicted octanol–water partition coefficient (Wildman–Crippen LogP) is 1.91. The maximum absolute atomic E-state index is 13.0. The van der Waals surface area contributed by atoms with Gasteiger partial charge in [-0.25, -0.2) is 8.42 Å². The molecule has 2 rings (SSSR count). The lowest BCUT2D eigenvalue weighted by molar-refractivity contribution is -0.0170. The van der Waals surface area contributed by atoms with Crippen molar-refractivity contribution in [2.24, 2.45) is 5.73 Å². The van der Waals surface area contributed by atoms with Gasteiger partial charge >= 0.3 is 0 Å². The third-order valence-electron chi connectivity index (χ3n) is 3.79. The SMILES string of the molecule is Cc1c(CN)cc(Cl)cc1S(=O)(=O)N1CC(C)OCC1C. The molecule has 2 atom stereocenters. The minimum atomic E-state index is -3.62. The Kier molecular flexibility index (Phi) is 4.95. The van der Waals surface area contributed by atoms with E-state index in [-0.39, 0.29) is 23.6 Å². The van der Waals surface area contributed by atoms with E-state index in [1.807, 2.05) is 13.8 Å². The van der Waals surface area contributed by atoms with Crippen LogP contribution in [-0.4, -0.2) is 38.0 Å². The van der Waals surface area contributed by atoms with Gasteiger partial charge in [-0.2, -0.15) is 4.31 Å². The highest BCUT2D eigenvalue weighted by Gasteiger charge is 2.35. The predicted molar refractivity (Wildman–Crippen MR) is 82.8 cm³/mol. The molecule has 2 N–H and O–H groups in total. The van der Waals surface area contributed by atoms with E-state index in [1.165, 1.54) is 10.4 Å². The van der Waals surface area contributed by atoms with E-state index < -0.39 is 10.0 Å². The molecule has 0 bridgehead atoms. The molecule has 1 saturated heterocycles. The number of morpholine rings is 1. The second kappa shape index (κ2) is 6.22. The topological polar surface area (TPSA) is 72.6 Å². The fraction of sp³-hybridized carbons (Fsp3) is 0.571. The lowest BCUT2D eigenvalue weighted by Crippen LogP contribution is -2.50. The van der Waals surface area contributed by atoms with Crippen molar-refractivity contribution in [1.29, 1.82) is 0 Å². The summed E-state index contributed by atoms with van der Waals surface area (Å²) in [7, 11) is -3.62. The fourth-order valence-electron chi connectivity index (χ4n) is 2.52. The van der Waals surface area contributed by atoms with Gasteiger partial charge < -0.3 is 10.5 Å². The largest absolute Gasteiger partial charge is 0.375 e. The van der Waals surface area contributed by atoms with Crippen LogP contribution in [0.2, 0.25) is 5.02 Å². The highest BCUT2D eigenvalue weighted by molar-refractivity contribution is 7.89. The Bertz CT molecular complexity index is 633. The first-order valence-corrected chi connectivity index (χ1v) is 8.71. The minimum Gasteiger partial charge on any atom is -0.375 e. The molecule has 21 heavy (non-hydrogen) atoms. The molecule has 1 aromatic carbocycles. The van der Waals surface area contributed by atoms with Crippen molar-refractivity contribution in [2.45, 2.75) is 44.4 Å². The van der Waals surface area contributed by atoms with Gasteiger partial charge in [0.25, 0.3) is 0 Å². The highest BCUT2D eigenvalue weighted by Crippen LogP contribution is 2.29. The first kappa shape index (κ1) is 16.7. The van der Waals surface area contributed by atoms with Gasteiger partial charge in [-0.15, -0.1) is 0 Å². The smallest absolute Gasteiger partial charge is 0.243 e. The van der Waals surface area contributed by atoms with Gasteiger partial charge in [-0.05, 0) is 44.0 Å². The quantitative estimate of drug-likeness (QED) is 0.917. The van der Waals surface area contributed by atoms with Crippen molar-refractivity contribution in [2.75, 3.05) is 13.2 Å². The Morgan fingerprint density at radius 3 is 2.71 bits per heavy atom. The zero-order chi connectivity index (χ0) is 15.8. The van der Waals surface area contributed by atoms with Crippen LogP contribution in [0.15, 0.2) is 17.0 Å². The molecule has 1 aliphatic rings. The number of halogens is 1. The van der Waals surface area contributed by atoms with E-state index in [2.05, 4.69) is 0 Å². The third-order valence-corrected chi connectivity index (χ3v) is 6.11. The van der Waals surface area contributed by atoms with Crippen LogP contribution in [0, 0.1) is 6.92 Å². The molecule has 1 aliphatic heterocycles. The normalized spacial score (nSPS) is 24.2. The number of hydrogen-bond donors (Lipinski definition) is 1. The molecule has 0 radical (unpaired) electrons. The van der Waals surface area contributed by atoms with Crippen LogP contribution in [-0.2, 0) is 21.3 Å². The van der Waals surface area contributed by atoms with E-state index in [9.17, 15) is 8.42 Å². The van der Waals surface area contributed by atoms with Crippen LogP contribution in [0.5, 0.6) is 0 Å². The first-order chi connectivity index (χ1) is 9.77. The number of ether oxygens (including phenoxy) is 1. The van der Waals surface area contributed by atoms with Gasteiger partial charge in [0.05, 0.1) is 17.6 Å². The number of benzene rings is 1. The molecular formula is C14H21ClN2O3S.